The molecule has 4 nitrogen and oxygen atoms in total. The van der Waals surface area contributed by atoms with Crippen LogP contribution in [0.2, 0.25) is 0 Å². The molecular formula is C23H29ClF3NO3S. The summed E-state index contributed by atoms with van der Waals surface area (Å²) in [4.78, 5) is 2.07. The summed E-state index contributed by atoms with van der Waals surface area (Å²) in [6.07, 6.45) is 1.17. The number of nitrogens with zero attached hydrogens (tertiary/aromatic N) is 1. The first-order chi connectivity index (χ1) is 14.6. The van der Waals surface area contributed by atoms with Crippen LogP contribution in [0.25, 0.3) is 0 Å². The number of hydrogen-bond acceptors (Lipinski definition) is 4. The molecule has 3 atom stereocenters. The van der Waals surface area contributed by atoms with Crippen LogP contribution in [-0.4, -0.2) is 51.1 Å². The summed E-state index contributed by atoms with van der Waals surface area (Å²) in [7, 11) is -3.06. The second-order valence-corrected chi connectivity index (χ2v) is 10.5. The lowest BCUT2D eigenvalue weighted by Crippen LogP contribution is -2.44. The highest BCUT2D eigenvalue weighted by Crippen LogP contribution is 2.32. The maximum Gasteiger partial charge on any atom is 0.345 e. The zero-order valence-electron chi connectivity index (χ0n) is 18.1. The molecule has 0 amide bonds. The molecule has 1 fully saturated rings. The summed E-state index contributed by atoms with van der Waals surface area (Å²) in [6.45, 7) is 0.641. The molecule has 0 spiro atoms. The molecular weight excluding hydrogens is 463 g/mol. The molecule has 0 N–H and O–H groups in total. The Labute approximate surface area is 194 Å². The van der Waals surface area contributed by atoms with E-state index in [9.17, 15) is 21.6 Å². The van der Waals surface area contributed by atoms with Crippen LogP contribution in [0.5, 0.6) is 0 Å². The van der Waals surface area contributed by atoms with Gasteiger partial charge in [0.15, 0.2) is 0 Å². The highest BCUT2D eigenvalue weighted by atomic mass is 35.5. The Morgan fingerprint density at radius 2 is 1.72 bits per heavy atom. The fraction of sp³-hybridized carbons (Fsp3) is 0.478. The van der Waals surface area contributed by atoms with Gasteiger partial charge in [0.1, 0.15) is 15.7 Å². The third-order valence-corrected chi connectivity index (χ3v) is 6.83. The van der Waals surface area contributed by atoms with Crippen molar-refractivity contribution >= 4 is 22.2 Å². The van der Waals surface area contributed by atoms with Gasteiger partial charge in [-0.15, -0.1) is 12.4 Å². The lowest BCUT2D eigenvalue weighted by Gasteiger charge is -2.38. The van der Waals surface area contributed by atoms with E-state index in [0.29, 0.717) is 26.1 Å². The van der Waals surface area contributed by atoms with E-state index >= 15 is 0 Å². The lowest BCUT2D eigenvalue weighted by molar-refractivity contribution is -0.180. The van der Waals surface area contributed by atoms with Crippen molar-refractivity contribution in [1.29, 1.82) is 0 Å². The number of likely N-dealkylation sites (tertiary alicyclic amines) is 1. The Kier molecular flexibility index (Phi) is 9.57. The number of halogens is 4. The molecule has 32 heavy (non-hydrogen) atoms. The highest BCUT2D eigenvalue weighted by molar-refractivity contribution is 7.90. The summed E-state index contributed by atoms with van der Waals surface area (Å²) >= 11 is 0. The predicted molar refractivity (Wildman–Crippen MR) is 122 cm³/mol. The molecule has 2 unspecified atom stereocenters. The summed E-state index contributed by atoms with van der Waals surface area (Å²) in [5.74, 6) is -0.582. The number of piperidine rings is 1. The van der Waals surface area contributed by atoms with Gasteiger partial charge < -0.3 is 4.74 Å². The van der Waals surface area contributed by atoms with Crippen molar-refractivity contribution in [2.45, 2.75) is 44.4 Å². The number of sulfone groups is 1. The van der Waals surface area contributed by atoms with E-state index in [2.05, 4.69) is 4.90 Å². The molecule has 0 saturated carbocycles. The Morgan fingerprint density at radius 3 is 2.28 bits per heavy atom. The third kappa shape index (κ3) is 7.76. The molecule has 2 aromatic rings. The first kappa shape index (κ1) is 26.6. The molecule has 9 heteroatoms. The summed E-state index contributed by atoms with van der Waals surface area (Å²) in [6, 6.07) is 13.7. The topological polar surface area (TPSA) is 46.6 Å². The van der Waals surface area contributed by atoms with Crippen molar-refractivity contribution in [2.24, 2.45) is 0 Å². The number of ether oxygens (including phenoxy) is 1. The minimum absolute atomic E-state index is 0. The van der Waals surface area contributed by atoms with Crippen molar-refractivity contribution in [3.63, 3.8) is 0 Å². The van der Waals surface area contributed by atoms with Gasteiger partial charge in [0.05, 0.1) is 11.9 Å². The van der Waals surface area contributed by atoms with Gasteiger partial charge >= 0.3 is 6.61 Å². The average Bonchev–Trinajstić information content (AvgIpc) is 2.68. The van der Waals surface area contributed by atoms with Crippen LogP contribution in [-0.2, 0) is 21.1 Å². The van der Waals surface area contributed by atoms with Crippen molar-refractivity contribution in [3.8, 4) is 0 Å². The quantitative estimate of drug-likeness (QED) is 0.521. The molecule has 1 aliphatic heterocycles. The Balaban J connectivity index is 0.00000363. The van der Waals surface area contributed by atoms with E-state index in [0.717, 1.165) is 16.7 Å². The zero-order chi connectivity index (χ0) is 22.6. The maximum atomic E-state index is 13.2. The molecule has 1 saturated heterocycles. The van der Waals surface area contributed by atoms with Crippen LogP contribution in [0.4, 0.5) is 13.2 Å². The molecule has 0 bridgehead atoms. The van der Waals surface area contributed by atoms with Gasteiger partial charge in [-0.3, -0.25) is 4.90 Å². The fourth-order valence-electron chi connectivity index (χ4n) is 4.25. The second-order valence-electron chi connectivity index (χ2n) is 8.35. The van der Waals surface area contributed by atoms with Crippen molar-refractivity contribution in [1.82, 2.24) is 4.90 Å². The summed E-state index contributed by atoms with van der Waals surface area (Å²) in [5, 5.41) is 0. The minimum Gasteiger partial charge on any atom is -0.318 e. The largest absolute Gasteiger partial charge is 0.345 e. The van der Waals surface area contributed by atoms with Gasteiger partial charge in [-0.25, -0.2) is 12.8 Å². The summed E-state index contributed by atoms with van der Waals surface area (Å²) in [5.41, 5.74) is 2.77. The normalized spacial score (nSPS) is 20.7. The molecule has 1 heterocycles. The van der Waals surface area contributed by atoms with Crippen LogP contribution >= 0.6 is 12.4 Å². The molecule has 2 aromatic carbocycles. The Morgan fingerprint density at radius 1 is 1.09 bits per heavy atom. The molecule has 0 aromatic heterocycles. The highest BCUT2D eigenvalue weighted by Gasteiger charge is 2.33. The monoisotopic (exact) mass is 491 g/mol. The van der Waals surface area contributed by atoms with E-state index < -0.39 is 22.6 Å². The molecule has 3 rings (SSSR count). The second kappa shape index (κ2) is 11.5. The SMILES string of the molecule is C[C@@H](CS(C)(=O)=O)c1ccc(CN2CCC(c3ccc(F)cc3)C(OC(F)F)C2)cc1.Cl. The van der Waals surface area contributed by atoms with Gasteiger partial charge in [-0.2, -0.15) is 8.78 Å². The van der Waals surface area contributed by atoms with Gasteiger partial charge in [0, 0.05) is 25.3 Å². The molecule has 0 aliphatic carbocycles. The van der Waals surface area contributed by atoms with Gasteiger partial charge in [0.25, 0.3) is 0 Å². The molecule has 0 radical (unpaired) electrons. The first-order valence-corrected chi connectivity index (χ1v) is 12.3. The van der Waals surface area contributed by atoms with E-state index in [1.54, 1.807) is 12.1 Å². The van der Waals surface area contributed by atoms with E-state index in [1.165, 1.54) is 18.4 Å². The Bertz CT molecular complexity index is 955. The number of hydrogen-bond donors (Lipinski definition) is 0. The van der Waals surface area contributed by atoms with Crippen LogP contribution in [0, 0.1) is 5.82 Å². The fourth-order valence-corrected chi connectivity index (χ4v) is 5.35. The van der Waals surface area contributed by atoms with E-state index in [1.807, 2.05) is 31.2 Å². The van der Waals surface area contributed by atoms with Crippen LogP contribution in [0.3, 0.4) is 0 Å². The lowest BCUT2D eigenvalue weighted by atomic mass is 9.86. The standard InChI is InChI=1S/C23H28F3NO3S.ClH/c1-16(15-31(2,28)29)18-5-3-17(4-6-18)13-27-12-11-21(22(14-27)30-23(25)26)19-7-9-20(24)10-8-19;/h3-10,16,21-23H,11-15H2,1-2H3;1H/t16-,21?,22?;/m0./s1. The average molecular weight is 492 g/mol. The molecule has 178 valence electrons. The van der Waals surface area contributed by atoms with Gasteiger partial charge in [-0.05, 0) is 47.7 Å². The van der Waals surface area contributed by atoms with Crippen molar-refractivity contribution in [3.05, 3.63) is 71.0 Å². The minimum atomic E-state index is -3.06. The van der Waals surface area contributed by atoms with Crippen LogP contribution < -0.4 is 0 Å². The van der Waals surface area contributed by atoms with E-state index in [4.69, 9.17) is 4.74 Å². The predicted octanol–water partition coefficient (Wildman–Crippen LogP) is 4.99. The van der Waals surface area contributed by atoms with Crippen LogP contribution in [0.15, 0.2) is 48.5 Å². The molecule has 1 aliphatic rings. The van der Waals surface area contributed by atoms with Crippen molar-refractivity contribution < 1.29 is 26.3 Å². The number of rotatable bonds is 8. The summed E-state index contributed by atoms with van der Waals surface area (Å²) < 4.78 is 67.2. The maximum absolute atomic E-state index is 13.2. The smallest absolute Gasteiger partial charge is 0.318 e. The van der Waals surface area contributed by atoms with Crippen LogP contribution in [0.1, 0.15) is 41.9 Å². The third-order valence-electron chi connectivity index (χ3n) is 5.73. The Hall–Kier alpha value is -1.61. The van der Waals surface area contributed by atoms with Gasteiger partial charge in [0.2, 0.25) is 0 Å². The number of benzene rings is 2. The van der Waals surface area contributed by atoms with Gasteiger partial charge in [-0.1, -0.05) is 43.3 Å². The first-order valence-electron chi connectivity index (χ1n) is 10.3. The van der Waals surface area contributed by atoms with E-state index in [-0.39, 0.29) is 35.8 Å². The number of alkyl halides is 2. The zero-order valence-corrected chi connectivity index (χ0v) is 19.7. The van der Waals surface area contributed by atoms with Crippen molar-refractivity contribution in [2.75, 3.05) is 25.1 Å².